The third-order valence-electron chi connectivity index (χ3n) is 5.48. The van der Waals surface area contributed by atoms with Crippen molar-refractivity contribution in [2.75, 3.05) is 6.54 Å². The lowest BCUT2D eigenvalue weighted by Gasteiger charge is -2.44. The molecule has 3 nitrogen and oxygen atoms in total. The van der Waals surface area contributed by atoms with Crippen LogP contribution in [0.25, 0.3) is 0 Å². The van der Waals surface area contributed by atoms with Gasteiger partial charge in [-0.1, -0.05) is 12.8 Å². The van der Waals surface area contributed by atoms with Crippen molar-refractivity contribution in [3.8, 4) is 0 Å². The van der Waals surface area contributed by atoms with Crippen LogP contribution >= 0.6 is 15.9 Å². The third kappa shape index (κ3) is 2.56. The normalized spacial score (nSPS) is 29.3. The predicted octanol–water partition coefficient (Wildman–Crippen LogP) is 4.38. The molecule has 0 spiro atoms. The molecule has 4 rings (SSSR count). The number of fused-ring (bicyclic) bond motifs is 1. The minimum Gasteiger partial charge on any atom is -0.339 e. The second kappa shape index (κ2) is 5.45. The molecule has 2 unspecified atom stereocenters. The quantitative estimate of drug-likeness (QED) is 0.776. The van der Waals surface area contributed by atoms with E-state index in [1.54, 1.807) is 0 Å². The summed E-state index contributed by atoms with van der Waals surface area (Å²) in [5.74, 6) is 1.02. The summed E-state index contributed by atoms with van der Waals surface area (Å²) < 4.78 is 3.24. The smallest absolute Gasteiger partial charge is 0.270 e. The lowest BCUT2D eigenvalue weighted by Crippen LogP contribution is -2.50. The van der Waals surface area contributed by atoms with Crippen LogP contribution in [0.4, 0.5) is 0 Å². The molecule has 1 aromatic heterocycles. The van der Waals surface area contributed by atoms with Crippen LogP contribution in [0.5, 0.6) is 0 Å². The van der Waals surface area contributed by atoms with Gasteiger partial charge in [-0.3, -0.25) is 4.79 Å². The van der Waals surface area contributed by atoms with Gasteiger partial charge in [-0.25, -0.2) is 0 Å². The van der Waals surface area contributed by atoms with Gasteiger partial charge < -0.3 is 9.47 Å². The van der Waals surface area contributed by atoms with Crippen molar-refractivity contribution in [1.29, 1.82) is 0 Å². The van der Waals surface area contributed by atoms with E-state index >= 15 is 0 Å². The number of halogens is 1. The maximum absolute atomic E-state index is 13.1. The molecule has 0 bridgehead atoms. The number of likely N-dealkylation sites (tertiary alicyclic amines) is 1. The summed E-state index contributed by atoms with van der Waals surface area (Å²) in [6.45, 7) is 0.952. The Labute approximate surface area is 134 Å². The van der Waals surface area contributed by atoms with Crippen molar-refractivity contribution in [2.45, 2.75) is 63.5 Å². The lowest BCUT2D eigenvalue weighted by atomic mass is 9.78. The van der Waals surface area contributed by atoms with Crippen molar-refractivity contribution < 1.29 is 4.79 Å². The minimum absolute atomic E-state index is 0.268. The second-order valence-electron chi connectivity index (χ2n) is 6.93. The number of nitrogens with zero attached hydrogens (tertiary/aromatic N) is 2. The van der Waals surface area contributed by atoms with Gasteiger partial charge in [-0.05, 0) is 66.4 Å². The van der Waals surface area contributed by atoms with Gasteiger partial charge in [0.15, 0.2) is 0 Å². The number of rotatable bonds is 2. The molecule has 3 aliphatic rings. The molecule has 2 saturated carbocycles. The highest BCUT2D eigenvalue weighted by Crippen LogP contribution is 2.39. The zero-order valence-electron chi connectivity index (χ0n) is 12.4. The highest BCUT2D eigenvalue weighted by Gasteiger charge is 2.38. The van der Waals surface area contributed by atoms with Gasteiger partial charge in [0.25, 0.3) is 5.91 Å². The summed E-state index contributed by atoms with van der Waals surface area (Å²) in [5.41, 5.74) is 0.899. The van der Waals surface area contributed by atoms with Gasteiger partial charge in [0, 0.05) is 29.3 Å². The molecular weight excluding hydrogens is 328 g/mol. The topological polar surface area (TPSA) is 25.2 Å². The van der Waals surface area contributed by atoms with E-state index in [1.807, 2.05) is 6.07 Å². The molecule has 1 amide bonds. The average molecular weight is 351 g/mol. The first kappa shape index (κ1) is 13.9. The summed E-state index contributed by atoms with van der Waals surface area (Å²) in [6.07, 6.45) is 12.2. The summed E-state index contributed by atoms with van der Waals surface area (Å²) in [7, 11) is 0. The van der Waals surface area contributed by atoms with E-state index in [4.69, 9.17) is 0 Å². The Balaban J connectivity index is 1.61. The van der Waals surface area contributed by atoms with E-state index in [2.05, 4.69) is 31.6 Å². The Morgan fingerprint density at radius 3 is 2.67 bits per heavy atom. The Morgan fingerprint density at radius 1 is 1.10 bits per heavy atom. The Kier molecular flexibility index (Phi) is 3.60. The first-order valence-corrected chi connectivity index (χ1v) is 9.21. The van der Waals surface area contributed by atoms with Crippen molar-refractivity contribution in [2.24, 2.45) is 5.92 Å². The molecule has 2 atom stereocenters. The number of hydrogen-bond acceptors (Lipinski definition) is 1. The van der Waals surface area contributed by atoms with Gasteiger partial charge in [0.05, 0.1) is 0 Å². The number of aromatic nitrogens is 1. The molecule has 1 aromatic rings. The molecule has 114 valence electrons. The number of carbonyl (C=O) groups excluding carboxylic acids is 1. The average Bonchev–Trinajstić information content (AvgIpc) is 3.28. The SMILES string of the molecule is O=C(c1cc(Br)cn1C1CC1)N1CCCC2CCCCC21. The van der Waals surface area contributed by atoms with Gasteiger partial charge in [0.1, 0.15) is 5.69 Å². The maximum atomic E-state index is 13.1. The number of carbonyl (C=O) groups is 1. The molecule has 1 saturated heterocycles. The predicted molar refractivity (Wildman–Crippen MR) is 86.4 cm³/mol. The number of hydrogen-bond donors (Lipinski definition) is 0. The van der Waals surface area contributed by atoms with E-state index < -0.39 is 0 Å². The first-order valence-electron chi connectivity index (χ1n) is 8.42. The standard InChI is InChI=1S/C17H23BrN2O/c18-13-10-16(20(11-13)14-7-8-14)17(21)19-9-3-5-12-4-1-2-6-15(12)19/h10-12,14-15H,1-9H2. The van der Waals surface area contributed by atoms with E-state index in [9.17, 15) is 4.79 Å². The maximum Gasteiger partial charge on any atom is 0.270 e. The summed E-state index contributed by atoms with van der Waals surface area (Å²) in [5, 5.41) is 0. The molecular formula is C17H23BrN2O. The molecule has 0 radical (unpaired) electrons. The van der Waals surface area contributed by atoms with Crippen molar-refractivity contribution in [3.63, 3.8) is 0 Å². The van der Waals surface area contributed by atoms with Crippen LogP contribution in [0.3, 0.4) is 0 Å². The molecule has 21 heavy (non-hydrogen) atoms. The molecule has 0 aromatic carbocycles. The molecule has 0 N–H and O–H groups in total. The number of piperidine rings is 1. The Morgan fingerprint density at radius 2 is 1.86 bits per heavy atom. The molecule has 4 heteroatoms. The minimum atomic E-state index is 0.268. The van der Waals surface area contributed by atoms with Gasteiger partial charge in [-0.2, -0.15) is 0 Å². The fourth-order valence-electron chi connectivity index (χ4n) is 4.30. The highest BCUT2D eigenvalue weighted by molar-refractivity contribution is 9.10. The van der Waals surface area contributed by atoms with Crippen LogP contribution < -0.4 is 0 Å². The van der Waals surface area contributed by atoms with Crippen LogP contribution in [0.1, 0.15) is 67.9 Å². The van der Waals surface area contributed by atoms with Crippen molar-refractivity contribution in [1.82, 2.24) is 9.47 Å². The fourth-order valence-corrected chi connectivity index (χ4v) is 4.73. The molecule has 3 fully saturated rings. The zero-order chi connectivity index (χ0) is 14.4. The Hall–Kier alpha value is -0.770. The summed E-state index contributed by atoms with van der Waals surface area (Å²) in [4.78, 5) is 15.3. The first-order chi connectivity index (χ1) is 10.2. The van der Waals surface area contributed by atoms with Crippen LogP contribution in [0.2, 0.25) is 0 Å². The van der Waals surface area contributed by atoms with Crippen LogP contribution in [0.15, 0.2) is 16.7 Å². The van der Waals surface area contributed by atoms with E-state index in [0.29, 0.717) is 12.1 Å². The monoisotopic (exact) mass is 350 g/mol. The van der Waals surface area contributed by atoms with Crippen molar-refractivity contribution >= 4 is 21.8 Å². The van der Waals surface area contributed by atoms with Gasteiger partial charge >= 0.3 is 0 Å². The number of amides is 1. The Bertz CT molecular complexity index is 547. The van der Waals surface area contributed by atoms with Crippen LogP contribution in [-0.4, -0.2) is 28.0 Å². The van der Waals surface area contributed by atoms with E-state index in [1.165, 1.54) is 51.4 Å². The van der Waals surface area contributed by atoms with Crippen LogP contribution in [0, 0.1) is 5.92 Å². The molecule has 2 heterocycles. The van der Waals surface area contributed by atoms with Crippen molar-refractivity contribution in [3.05, 3.63) is 22.4 Å². The lowest BCUT2D eigenvalue weighted by molar-refractivity contribution is 0.0380. The summed E-state index contributed by atoms with van der Waals surface area (Å²) in [6, 6.07) is 3.08. The zero-order valence-corrected chi connectivity index (χ0v) is 14.0. The van der Waals surface area contributed by atoms with Gasteiger partial charge in [-0.15, -0.1) is 0 Å². The molecule has 1 aliphatic heterocycles. The van der Waals surface area contributed by atoms with Crippen LogP contribution in [-0.2, 0) is 0 Å². The largest absolute Gasteiger partial charge is 0.339 e. The van der Waals surface area contributed by atoms with E-state index in [-0.39, 0.29) is 5.91 Å². The highest BCUT2D eigenvalue weighted by atomic mass is 79.9. The fraction of sp³-hybridized carbons (Fsp3) is 0.706. The summed E-state index contributed by atoms with van der Waals surface area (Å²) >= 11 is 3.55. The second-order valence-corrected chi connectivity index (χ2v) is 7.85. The molecule has 2 aliphatic carbocycles. The van der Waals surface area contributed by atoms with Gasteiger partial charge in [0.2, 0.25) is 0 Å². The third-order valence-corrected chi connectivity index (χ3v) is 5.91. The van der Waals surface area contributed by atoms with E-state index in [0.717, 1.165) is 22.6 Å².